The third-order valence-corrected chi connectivity index (χ3v) is 3.54. The van der Waals surface area contributed by atoms with Crippen LogP contribution in [0.4, 0.5) is 10.5 Å². The maximum absolute atomic E-state index is 11.6. The Morgan fingerprint density at radius 3 is 2.84 bits per heavy atom. The molecule has 1 atom stereocenters. The maximum Gasteiger partial charge on any atom is 0.319 e. The lowest BCUT2D eigenvalue weighted by atomic mass is 10.2. The molecule has 0 spiro atoms. The number of hydrogen-bond donors (Lipinski definition) is 3. The predicted octanol–water partition coefficient (Wildman–Crippen LogP) is 3.26. The summed E-state index contributed by atoms with van der Waals surface area (Å²) in [4.78, 5) is 11.6. The number of hydrogen-bond acceptors (Lipinski definition) is 3. The fourth-order valence-electron chi connectivity index (χ4n) is 1.50. The number of halogens is 1. The van der Waals surface area contributed by atoms with Crippen molar-refractivity contribution < 1.29 is 9.90 Å². The van der Waals surface area contributed by atoms with E-state index in [1.54, 1.807) is 24.3 Å². The highest BCUT2D eigenvalue weighted by atomic mass is 35.5. The second-order valence-electron chi connectivity index (χ2n) is 3.89. The zero-order valence-electron chi connectivity index (χ0n) is 9.97. The van der Waals surface area contributed by atoms with E-state index in [1.165, 1.54) is 11.3 Å². The second-order valence-corrected chi connectivity index (χ2v) is 5.07. The Kier molecular flexibility index (Phi) is 4.79. The quantitative estimate of drug-likeness (QED) is 0.811. The first-order chi connectivity index (χ1) is 9.16. The van der Waals surface area contributed by atoms with E-state index in [4.69, 9.17) is 11.6 Å². The summed E-state index contributed by atoms with van der Waals surface area (Å²) in [6, 6.07) is 8.38. The van der Waals surface area contributed by atoms with E-state index in [9.17, 15) is 9.90 Å². The molecule has 1 aromatic carbocycles. The first-order valence-corrected chi connectivity index (χ1v) is 6.98. The van der Waals surface area contributed by atoms with Gasteiger partial charge in [0.15, 0.2) is 0 Å². The number of rotatable bonds is 4. The van der Waals surface area contributed by atoms with Gasteiger partial charge in [0.25, 0.3) is 0 Å². The second kappa shape index (κ2) is 6.56. The Bertz CT molecular complexity index is 545. The monoisotopic (exact) mass is 296 g/mol. The number of benzene rings is 1. The Labute approximate surface area is 120 Å². The van der Waals surface area contributed by atoms with E-state index in [1.807, 2.05) is 16.8 Å². The number of thiophene rings is 1. The van der Waals surface area contributed by atoms with Crippen LogP contribution in [-0.4, -0.2) is 17.7 Å². The molecule has 0 fully saturated rings. The van der Waals surface area contributed by atoms with Crippen molar-refractivity contribution in [2.75, 3.05) is 11.9 Å². The lowest BCUT2D eigenvalue weighted by Crippen LogP contribution is -2.32. The van der Waals surface area contributed by atoms with E-state index in [0.717, 1.165) is 5.56 Å². The molecule has 2 rings (SSSR count). The highest BCUT2D eigenvalue weighted by molar-refractivity contribution is 7.07. The minimum Gasteiger partial charge on any atom is -0.387 e. The zero-order valence-corrected chi connectivity index (χ0v) is 11.5. The largest absolute Gasteiger partial charge is 0.387 e. The van der Waals surface area contributed by atoms with Gasteiger partial charge in [-0.1, -0.05) is 23.7 Å². The molecule has 0 aliphatic carbocycles. The molecule has 1 heterocycles. The topological polar surface area (TPSA) is 61.4 Å². The van der Waals surface area contributed by atoms with Gasteiger partial charge in [-0.15, -0.1) is 0 Å². The summed E-state index contributed by atoms with van der Waals surface area (Å²) in [6.45, 7) is 0.146. The number of urea groups is 1. The first kappa shape index (κ1) is 13.9. The molecule has 0 radical (unpaired) electrons. The predicted molar refractivity (Wildman–Crippen MR) is 77.8 cm³/mol. The summed E-state index contributed by atoms with van der Waals surface area (Å²) in [5.74, 6) is 0. The van der Waals surface area contributed by atoms with Crippen LogP contribution in [0.5, 0.6) is 0 Å². The Morgan fingerprint density at radius 2 is 2.16 bits per heavy atom. The fourth-order valence-corrected chi connectivity index (χ4v) is 2.39. The highest BCUT2D eigenvalue weighted by Gasteiger charge is 2.10. The molecule has 0 saturated heterocycles. The summed E-state index contributed by atoms with van der Waals surface area (Å²) in [5.41, 5.74) is 1.33. The van der Waals surface area contributed by atoms with Gasteiger partial charge in [-0.25, -0.2) is 4.79 Å². The van der Waals surface area contributed by atoms with Gasteiger partial charge >= 0.3 is 6.03 Å². The standard InChI is InChI=1S/C13H13ClN2O2S/c14-10-3-1-2-4-11(10)16-13(18)15-7-12(17)9-5-6-19-8-9/h1-6,8,12,17H,7H2,(H2,15,16,18). The first-order valence-electron chi connectivity index (χ1n) is 5.66. The fraction of sp³-hybridized carbons (Fsp3) is 0.154. The van der Waals surface area contributed by atoms with Crippen LogP contribution in [0.3, 0.4) is 0 Å². The molecule has 1 unspecified atom stereocenters. The molecule has 6 heteroatoms. The molecule has 0 saturated carbocycles. The van der Waals surface area contributed by atoms with Crippen LogP contribution in [0.15, 0.2) is 41.1 Å². The van der Waals surface area contributed by atoms with Gasteiger partial charge in [0, 0.05) is 6.54 Å². The van der Waals surface area contributed by atoms with E-state index in [-0.39, 0.29) is 6.54 Å². The van der Waals surface area contributed by atoms with Gasteiger partial charge in [-0.2, -0.15) is 11.3 Å². The molecule has 0 aliphatic heterocycles. The molecule has 19 heavy (non-hydrogen) atoms. The van der Waals surface area contributed by atoms with Gasteiger partial charge < -0.3 is 15.7 Å². The van der Waals surface area contributed by atoms with E-state index in [2.05, 4.69) is 10.6 Å². The Balaban J connectivity index is 1.84. The lowest BCUT2D eigenvalue weighted by Gasteiger charge is -2.12. The molecule has 1 aromatic heterocycles. The molecule has 2 amide bonds. The van der Waals surface area contributed by atoms with E-state index in [0.29, 0.717) is 10.7 Å². The summed E-state index contributed by atoms with van der Waals surface area (Å²) in [6.07, 6.45) is -0.705. The van der Waals surface area contributed by atoms with Crippen molar-refractivity contribution in [3.63, 3.8) is 0 Å². The zero-order chi connectivity index (χ0) is 13.7. The molecular formula is C13H13ClN2O2S. The van der Waals surface area contributed by atoms with Crippen LogP contribution in [-0.2, 0) is 0 Å². The van der Waals surface area contributed by atoms with Crippen LogP contribution >= 0.6 is 22.9 Å². The van der Waals surface area contributed by atoms with Crippen molar-refractivity contribution in [1.29, 1.82) is 0 Å². The average molecular weight is 297 g/mol. The minimum atomic E-state index is -0.705. The SMILES string of the molecule is O=C(NCC(O)c1ccsc1)Nc1ccccc1Cl. The lowest BCUT2D eigenvalue weighted by molar-refractivity contribution is 0.175. The van der Waals surface area contributed by atoms with Crippen LogP contribution in [0.1, 0.15) is 11.7 Å². The maximum atomic E-state index is 11.6. The van der Waals surface area contributed by atoms with Crippen molar-refractivity contribution in [1.82, 2.24) is 5.32 Å². The van der Waals surface area contributed by atoms with Crippen LogP contribution in [0.2, 0.25) is 5.02 Å². The normalized spacial score (nSPS) is 11.9. The van der Waals surface area contributed by atoms with Crippen molar-refractivity contribution >= 4 is 34.7 Å². The summed E-state index contributed by atoms with van der Waals surface area (Å²) < 4.78 is 0. The summed E-state index contributed by atoms with van der Waals surface area (Å²) in [5, 5.41) is 19.2. The number of carbonyl (C=O) groups excluding carboxylic acids is 1. The molecule has 100 valence electrons. The Morgan fingerprint density at radius 1 is 1.37 bits per heavy atom. The molecule has 3 N–H and O–H groups in total. The van der Waals surface area contributed by atoms with Gasteiger partial charge in [-0.3, -0.25) is 0 Å². The van der Waals surface area contributed by atoms with E-state index < -0.39 is 12.1 Å². The van der Waals surface area contributed by atoms with Gasteiger partial charge in [0.05, 0.1) is 16.8 Å². The smallest absolute Gasteiger partial charge is 0.319 e. The molecular weight excluding hydrogens is 284 g/mol. The van der Waals surface area contributed by atoms with E-state index >= 15 is 0 Å². The number of nitrogens with one attached hydrogen (secondary N) is 2. The third kappa shape index (κ3) is 3.96. The minimum absolute atomic E-state index is 0.146. The van der Waals surface area contributed by atoms with Crippen molar-refractivity contribution in [3.05, 3.63) is 51.7 Å². The summed E-state index contributed by atoms with van der Waals surface area (Å²) in [7, 11) is 0. The number of carbonyl (C=O) groups is 1. The van der Waals surface area contributed by atoms with Gasteiger partial charge in [0.1, 0.15) is 0 Å². The van der Waals surface area contributed by atoms with Gasteiger partial charge in [-0.05, 0) is 34.5 Å². The molecule has 2 aromatic rings. The molecule has 4 nitrogen and oxygen atoms in total. The Hall–Kier alpha value is -1.56. The van der Waals surface area contributed by atoms with Crippen molar-refractivity contribution in [2.45, 2.75) is 6.10 Å². The molecule has 0 aliphatic rings. The molecule has 0 bridgehead atoms. The third-order valence-electron chi connectivity index (χ3n) is 2.51. The number of amides is 2. The van der Waals surface area contributed by atoms with Crippen LogP contribution < -0.4 is 10.6 Å². The number of aliphatic hydroxyl groups excluding tert-OH is 1. The van der Waals surface area contributed by atoms with Crippen molar-refractivity contribution in [2.24, 2.45) is 0 Å². The van der Waals surface area contributed by atoms with Crippen LogP contribution in [0.25, 0.3) is 0 Å². The van der Waals surface area contributed by atoms with Crippen molar-refractivity contribution in [3.8, 4) is 0 Å². The number of anilines is 1. The van der Waals surface area contributed by atoms with Gasteiger partial charge in [0.2, 0.25) is 0 Å². The number of para-hydroxylation sites is 1. The van der Waals surface area contributed by atoms with Crippen LogP contribution in [0, 0.1) is 0 Å². The highest BCUT2D eigenvalue weighted by Crippen LogP contribution is 2.20. The number of aliphatic hydroxyl groups is 1. The average Bonchev–Trinajstić information content (AvgIpc) is 2.93. The summed E-state index contributed by atoms with van der Waals surface area (Å²) >= 11 is 7.42.